The molecule has 0 fully saturated rings. The molecule has 1 N–H and O–H groups in total. The Hall–Kier alpha value is -1.98. The molecule has 0 aliphatic rings. The van der Waals surface area contributed by atoms with E-state index in [4.69, 9.17) is 11.2 Å². The summed E-state index contributed by atoms with van der Waals surface area (Å²) in [7, 11) is 1.69. The SMILES string of the molecule is C#CC(C)(C)NCc1c(OC)ccc2ccccc12. The van der Waals surface area contributed by atoms with Crippen LogP contribution >= 0.6 is 0 Å². The van der Waals surface area contributed by atoms with Gasteiger partial charge in [0.2, 0.25) is 0 Å². The number of benzene rings is 2. The summed E-state index contributed by atoms with van der Waals surface area (Å²) in [5, 5.41) is 5.78. The van der Waals surface area contributed by atoms with Gasteiger partial charge in [-0.05, 0) is 30.7 Å². The molecule has 2 rings (SSSR count). The maximum absolute atomic E-state index is 5.51. The highest BCUT2D eigenvalue weighted by atomic mass is 16.5. The zero-order valence-electron chi connectivity index (χ0n) is 11.7. The standard InChI is InChI=1S/C17H19NO/c1-5-17(2,3)18-12-15-14-9-7-6-8-13(14)10-11-16(15)19-4/h1,6-11,18H,12H2,2-4H3. The third kappa shape index (κ3) is 2.89. The number of nitrogens with one attached hydrogen (secondary N) is 1. The number of methoxy groups -OCH3 is 1. The highest BCUT2D eigenvalue weighted by molar-refractivity contribution is 5.87. The Kier molecular flexibility index (Phi) is 3.78. The number of ether oxygens (including phenoxy) is 1. The van der Waals surface area contributed by atoms with Gasteiger partial charge >= 0.3 is 0 Å². The maximum Gasteiger partial charge on any atom is 0.123 e. The van der Waals surface area contributed by atoms with Crippen LogP contribution in [-0.2, 0) is 6.54 Å². The number of hydrogen-bond acceptors (Lipinski definition) is 2. The van der Waals surface area contributed by atoms with Crippen molar-refractivity contribution in [2.24, 2.45) is 0 Å². The van der Waals surface area contributed by atoms with Gasteiger partial charge < -0.3 is 4.74 Å². The first-order valence-corrected chi connectivity index (χ1v) is 6.35. The lowest BCUT2D eigenvalue weighted by molar-refractivity contribution is 0.404. The van der Waals surface area contributed by atoms with Gasteiger partial charge in [0.05, 0.1) is 12.6 Å². The van der Waals surface area contributed by atoms with Crippen LogP contribution in [0, 0.1) is 12.3 Å². The molecule has 2 nitrogen and oxygen atoms in total. The molecule has 0 aliphatic heterocycles. The molecule has 19 heavy (non-hydrogen) atoms. The number of fused-ring (bicyclic) bond motifs is 1. The monoisotopic (exact) mass is 253 g/mol. The van der Waals surface area contributed by atoms with E-state index < -0.39 is 0 Å². The molecule has 0 radical (unpaired) electrons. The molecular weight excluding hydrogens is 234 g/mol. The van der Waals surface area contributed by atoms with E-state index in [1.807, 2.05) is 32.0 Å². The molecule has 0 amide bonds. The second kappa shape index (κ2) is 5.34. The van der Waals surface area contributed by atoms with E-state index in [1.165, 1.54) is 10.8 Å². The van der Waals surface area contributed by atoms with E-state index in [9.17, 15) is 0 Å². The van der Waals surface area contributed by atoms with Crippen molar-refractivity contribution in [1.29, 1.82) is 0 Å². The first kappa shape index (κ1) is 13.5. The molecule has 0 bridgehead atoms. The predicted molar refractivity (Wildman–Crippen MR) is 80.3 cm³/mol. The fraction of sp³-hybridized carbons (Fsp3) is 0.294. The average Bonchev–Trinajstić information content (AvgIpc) is 2.44. The zero-order valence-corrected chi connectivity index (χ0v) is 11.7. The van der Waals surface area contributed by atoms with E-state index in [1.54, 1.807) is 7.11 Å². The molecule has 2 heteroatoms. The van der Waals surface area contributed by atoms with Crippen molar-refractivity contribution in [3.63, 3.8) is 0 Å². The summed E-state index contributed by atoms with van der Waals surface area (Å²) in [6, 6.07) is 12.4. The Labute approximate surface area is 114 Å². The van der Waals surface area contributed by atoms with Gasteiger partial charge in [0.1, 0.15) is 5.75 Å². The van der Waals surface area contributed by atoms with E-state index in [-0.39, 0.29) is 5.54 Å². The van der Waals surface area contributed by atoms with Crippen molar-refractivity contribution in [1.82, 2.24) is 5.32 Å². The van der Waals surface area contributed by atoms with Crippen molar-refractivity contribution in [2.75, 3.05) is 7.11 Å². The Morgan fingerprint density at radius 1 is 1.21 bits per heavy atom. The van der Waals surface area contributed by atoms with Crippen molar-refractivity contribution in [3.8, 4) is 18.1 Å². The van der Waals surface area contributed by atoms with Crippen LogP contribution in [0.3, 0.4) is 0 Å². The Bertz CT molecular complexity index is 623. The van der Waals surface area contributed by atoms with E-state index in [2.05, 4.69) is 29.4 Å². The molecule has 0 heterocycles. The summed E-state index contributed by atoms with van der Waals surface area (Å²) in [5.74, 6) is 3.63. The van der Waals surface area contributed by atoms with Crippen LogP contribution in [0.2, 0.25) is 0 Å². The maximum atomic E-state index is 5.51. The fourth-order valence-corrected chi connectivity index (χ4v) is 2.05. The molecule has 0 spiro atoms. The minimum atomic E-state index is -0.331. The number of hydrogen-bond donors (Lipinski definition) is 1. The van der Waals surface area contributed by atoms with Gasteiger partial charge in [-0.3, -0.25) is 5.32 Å². The van der Waals surface area contributed by atoms with Crippen LogP contribution in [0.4, 0.5) is 0 Å². The Balaban J connectivity index is 2.42. The van der Waals surface area contributed by atoms with E-state index >= 15 is 0 Å². The largest absolute Gasteiger partial charge is 0.496 e. The van der Waals surface area contributed by atoms with Crippen molar-refractivity contribution in [3.05, 3.63) is 42.0 Å². The molecule has 0 saturated carbocycles. The van der Waals surface area contributed by atoms with E-state index in [0.29, 0.717) is 6.54 Å². The lowest BCUT2D eigenvalue weighted by atomic mass is 10.0. The molecule has 0 saturated heterocycles. The van der Waals surface area contributed by atoms with Crippen LogP contribution < -0.4 is 10.1 Å². The normalized spacial score (nSPS) is 11.3. The smallest absolute Gasteiger partial charge is 0.123 e. The van der Waals surface area contributed by atoms with Crippen LogP contribution in [-0.4, -0.2) is 12.6 Å². The molecule has 2 aromatic rings. The zero-order chi connectivity index (χ0) is 13.9. The predicted octanol–water partition coefficient (Wildman–Crippen LogP) is 3.35. The van der Waals surface area contributed by atoms with Crippen LogP contribution in [0.25, 0.3) is 10.8 Å². The summed E-state index contributed by atoms with van der Waals surface area (Å²) >= 11 is 0. The number of rotatable bonds is 4. The minimum Gasteiger partial charge on any atom is -0.496 e. The lowest BCUT2D eigenvalue weighted by Gasteiger charge is -2.21. The van der Waals surface area contributed by atoms with Gasteiger partial charge in [0, 0.05) is 12.1 Å². The fourth-order valence-electron chi connectivity index (χ4n) is 2.05. The Morgan fingerprint density at radius 2 is 1.95 bits per heavy atom. The number of terminal acetylenes is 1. The quantitative estimate of drug-likeness (QED) is 0.844. The van der Waals surface area contributed by atoms with Crippen LogP contribution in [0.15, 0.2) is 36.4 Å². The molecular formula is C17H19NO. The highest BCUT2D eigenvalue weighted by Gasteiger charge is 2.15. The second-order valence-corrected chi connectivity index (χ2v) is 5.09. The minimum absolute atomic E-state index is 0.331. The van der Waals surface area contributed by atoms with Crippen LogP contribution in [0.5, 0.6) is 5.75 Å². The summed E-state index contributed by atoms with van der Waals surface area (Å²) < 4.78 is 5.46. The molecule has 0 unspecified atom stereocenters. The summed E-state index contributed by atoms with van der Waals surface area (Å²) in [6.45, 7) is 4.66. The Morgan fingerprint density at radius 3 is 2.63 bits per heavy atom. The average molecular weight is 253 g/mol. The van der Waals surface area contributed by atoms with Gasteiger partial charge in [-0.2, -0.15) is 0 Å². The summed E-state index contributed by atoms with van der Waals surface area (Å²) in [5.41, 5.74) is 0.811. The lowest BCUT2D eigenvalue weighted by Crippen LogP contribution is -2.37. The van der Waals surface area contributed by atoms with Crippen molar-refractivity contribution >= 4 is 10.8 Å². The third-order valence-electron chi connectivity index (χ3n) is 3.29. The van der Waals surface area contributed by atoms with Crippen molar-refractivity contribution < 1.29 is 4.74 Å². The molecule has 2 aromatic carbocycles. The van der Waals surface area contributed by atoms with Crippen LogP contribution in [0.1, 0.15) is 19.4 Å². The molecule has 0 aliphatic carbocycles. The first-order valence-electron chi connectivity index (χ1n) is 6.35. The van der Waals surface area contributed by atoms with Gasteiger partial charge in [0.25, 0.3) is 0 Å². The van der Waals surface area contributed by atoms with E-state index in [0.717, 1.165) is 11.3 Å². The van der Waals surface area contributed by atoms with Gasteiger partial charge in [-0.1, -0.05) is 36.3 Å². The molecule has 0 atom stereocenters. The summed E-state index contributed by atoms with van der Waals surface area (Å²) in [4.78, 5) is 0. The highest BCUT2D eigenvalue weighted by Crippen LogP contribution is 2.28. The first-order chi connectivity index (χ1) is 9.07. The second-order valence-electron chi connectivity index (χ2n) is 5.09. The van der Waals surface area contributed by atoms with Gasteiger partial charge in [0.15, 0.2) is 0 Å². The topological polar surface area (TPSA) is 21.3 Å². The third-order valence-corrected chi connectivity index (χ3v) is 3.29. The molecule has 0 aromatic heterocycles. The van der Waals surface area contributed by atoms with Gasteiger partial charge in [-0.15, -0.1) is 6.42 Å². The summed E-state index contributed by atoms with van der Waals surface area (Å²) in [6.07, 6.45) is 5.51. The molecule has 98 valence electrons. The van der Waals surface area contributed by atoms with Crippen molar-refractivity contribution in [2.45, 2.75) is 25.9 Å². The van der Waals surface area contributed by atoms with Gasteiger partial charge in [-0.25, -0.2) is 0 Å².